The number of benzene rings is 1. The topological polar surface area (TPSA) is 93.1 Å². The maximum Gasteiger partial charge on any atom is 0.298 e. The molecule has 0 radical (unpaired) electrons. The number of phenolic OH excluding ortho intramolecular Hbond substituents is 1. The highest BCUT2D eigenvalue weighted by Gasteiger charge is 2.32. The number of hydrogen-bond donors (Lipinski definition) is 2. The monoisotopic (exact) mass is 332 g/mol. The van der Waals surface area contributed by atoms with E-state index in [-0.39, 0.29) is 17.2 Å². The van der Waals surface area contributed by atoms with Crippen LogP contribution in [0.25, 0.3) is 0 Å². The highest BCUT2D eigenvalue weighted by Crippen LogP contribution is 2.49. The van der Waals surface area contributed by atoms with E-state index in [2.05, 4.69) is 0 Å². The zero-order chi connectivity index (χ0) is 17.1. The first-order valence-electron chi connectivity index (χ1n) is 7.21. The van der Waals surface area contributed by atoms with Crippen LogP contribution in [0.2, 0.25) is 0 Å². The van der Waals surface area contributed by atoms with Gasteiger partial charge in [-0.15, -0.1) is 0 Å². The van der Waals surface area contributed by atoms with Gasteiger partial charge in [0.25, 0.3) is 10.1 Å². The number of phenols is 1. The van der Waals surface area contributed by atoms with Gasteiger partial charge in [-0.25, -0.2) is 0 Å². The molecule has 0 aliphatic carbocycles. The van der Waals surface area contributed by atoms with Gasteiger partial charge in [0.1, 0.15) is 10.6 Å². The third-order valence-electron chi connectivity index (χ3n) is 3.74. The van der Waals surface area contributed by atoms with Crippen LogP contribution in [0.3, 0.4) is 0 Å². The van der Waals surface area contributed by atoms with Crippen molar-refractivity contribution in [2.24, 2.45) is 0 Å². The fourth-order valence-corrected chi connectivity index (χ4v) is 3.43. The van der Waals surface area contributed by atoms with Gasteiger partial charge in [0.05, 0.1) is 14.2 Å². The van der Waals surface area contributed by atoms with Crippen LogP contribution in [0.4, 0.5) is 0 Å². The summed E-state index contributed by atoms with van der Waals surface area (Å²) in [6, 6.07) is 0. The fourth-order valence-electron chi connectivity index (χ4n) is 2.57. The molecule has 0 amide bonds. The highest BCUT2D eigenvalue weighted by molar-refractivity contribution is 7.86. The zero-order valence-corrected chi connectivity index (χ0v) is 14.5. The first-order valence-corrected chi connectivity index (χ1v) is 8.65. The summed E-state index contributed by atoms with van der Waals surface area (Å²) < 4.78 is 43.8. The number of hydrogen-bond acceptors (Lipinski definition) is 5. The lowest BCUT2D eigenvalue weighted by Crippen LogP contribution is -2.11. The van der Waals surface area contributed by atoms with Gasteiger partial charge in [0.2, 0.25) is 0 Å². The van der Waals surface area contributed by atoms with Crippen LogP contribution in [0, 0.1) is 0 Å². The lowest BCUT2D eigenvalue weighted by atomic mass is 9.93. The third-order valence-corrected chi connectivity index (χ3v) is 4.70. The number of methoxy groups -OCH3 is 2. The standard InChI is InChI=1S/C15H24O6S/c1-6-8-10-13(20-4)14(21-5)11(9(3)7-2)12(16)15(10)22(17,18)19/h9,16H,6-8H2,1-5H3,(H,17,18,19). The average Bonchev–Trinajstić information content (AvgIpc) is 2.44. The van der Waals surface area contributed by atoms with Crippen LogP contribution in [0.1, 0.15) is 50.7 Å². The van der Waals surface area contributed by atoms with Crippen molar-refractivity contribution in [3.05, 3.63) is 11.1 Å². The minimum absolute atomic E-state index is 0.167. The molecule has 0 fully saturated rings. The summed E-state index contributed by atoms with van der Waals surface area (Å²) >= 11 is 0. The molecule has 1 atom stereocenters. The van der Waals surface area contributed by atoms with Gasteiger partial charge in [-0.2, -0.15) is 8.42 Å². The van der Waals surface area contributed by atoms with E-state index >= 15 is 0 Å². The molecule has 2 N–H and O–H groups in total. The first kappa shape index (κ1) is 18.6. The molecule has 0 saturated heterocycles. The molecule has 0 bridgehead atoms. The lowest BCUT2D eigenvalue weighted by molar-refractivity contribution is 0.335. The van der Waals surface area contributed by atoms with E-state index in [0.717, 1.165) is 0 Å². The Hall–Kier alpha value is -1.47. The molecule has 0 saturated carbocycles. The van der Waals surface area contributed by atoms with Gasteiger partial charge < -0.3 is 14.6 Å². The summed E-state index contributed by atoms with van der Waals surface area (Å²) in [5.41, 5.74) is 0.559. The molecule has 1 aromatic carbocycles. The second-order valence-electron chi connectivity index (χ2n) is 5.17. The summed E-state index contributed by atoms with van der Waals surface area (Å²) in [6.07, 6.45) is 1.60. The minimum Gasteiger partial charge on any atom is -0.506 e. The Bertz CT molecular complexity index is 636. The smallest absolute Gasteiger partial charge is 0.298 e. The summed E-state index contributed by atoms with van der Waals surface area (Å²) in [5, 5.41) is 10.5. The highest BCUT2D eigenvalue weighted by atomic mass is 32.2. The van der Waals surface area contributed by atoms with E-state index in [1.165, 1.54) is 14.2 Å². The predicted molar refractivity (Wildman–Crippen MR) is 83.7 cm³/mol. The second kappa shape index (κ2) is 7.19. The van der Waals surface area contributed by atoms with Gasteiger partial charge in [0, 0.05) is 11.1 Å². The molecular formula is C15H24O6S. The third kappa shape index (κ3) is 3.30. The van der Waals surface area contributed by atoms with Crippen molar-refractivity contribution in [3.8, 4) is 17.2 Å². The molecule has 22 heavy (non-hydrogen) atoms. The second-order valence-corrected chi connectivity index (χ2v) is 6.53. The Labute approximate surface area is 131 Å². The number of aromatic hydroxyl groups is 1. The van der Waals surface area contributed by atoms with Crippen LogP contribution in [-0.4, -0.2) is 32.3 Å². The predicted octanol–water partition coefficient (Wildman–Crippen LogP) is 3.12. The van der Waals surface area contributed by atoms with Crippen molar-refractivity contribution in [1.82, 2.24) is 0 Å². The molecule has 1 aromatic rings. The Balaban J connectivity index is 3.98. The maximum atomic E-state index is 11.8. The van der Waals surface area contributed by atoms with Crippen LogP contribution in [0.15, 0.2) is 4.90 Å². The van der Waals surface area contributed by atoms with Gasteiger partial charge in [-0.05, 0) is 18.8 Å². The molecular weight excluding hydrogens is 308 g/mol. The van der Waals surface area contributed by atoms with E-state index in [9.17, 15) is 18.1 Å². The summed E-state index contributed by atoms with van der Waals surface area (Å²) in [6.45, 7) is 5.60. The van der Waals surface area contributed by atoms with Crippen LogP contribution in [0.5, 0.6) is 17.2 Å². The normalized spacial score (nSPS) is 13.0. The van der Waals surface area contributed by atoms with Crippen molar-refractivity contribution < 1.29 is 27.6 Å². The van der Waals surface area contributed by atoms with E-state index in [4.69, 9.17) is 9.47 Å². The van der Waals surface area contributed by atoms with Crippen LogP contribution >= 0.6 is 0 Å². The number of rotatable bonds is 7. The van der Waals surface area contributed by atoms with Gasteiger partial charge >= 0.3 is 0 Å². The van der Waals surface area contributed by atoms with E-state index in [1.807, 2.05) is 20.8 Å². The van der Waals surface area contributed by atoms with Crippen molar-refractivity contribution in [1.29, 1.82) is 0 Å². The Morgan fingerprint density at radius 2 is 1.68 bits per heavy atom. The fraction of sp³-hybridized carbons (Fsp3) is 0.600. The first-order chi connectivity index (χ1) is 10.2. The van der Waals surface area contributed by atoms with E-state index in [0.29, 0.717) is 30.6 Å². The largest absolute Gasteiger partial charge is 0.506 e. The molecule has 6 nitrogen and oxygen atoms in total. The number of ether oxygens (including phenoxy) is 2. The summed E-state index contributed by atoms with van der Waals surface area (Å²) in [4.78, 5) is -0.484. The lowest BCUT2D eigenvalue weighted by Gasteiger charge is -2.23. The van der Waals surface area contributed by atoms with Crippen molar-refractivity contribution >= 4 is 10.1 Å². The van der Waals surface area contributed by atoms with Crippen molar-refractivity contribution in [2.45, 2.75) is 50.8 Å². The van der Waals surface area contributed by atoms with Gasteiger partial charge in [-0.3, -0.25) is 4.55 Å². The summed E-state index contributed by atoms with van der Waals surface area (Å²) in [7, 11) is -1.75. The van der Waals surface area contributed by atoms with E-state index in [1.54, 1.807) is 0 Å². The molecule has 1 unspecified atom stereocenters. The molecule has 0 aliphatic rings. The zero-order valence-electron chi connectivity index (χ0n) is 13.6. The molecule has 1 rings (SSSR count). The Kier molecular flexibility index (Phi) is 6.08. The average molecular weight is 332 g/mol. The van der Waals surface area contributed by atoms with Crippen molar-refractivity contribution in [2.75, 3.05) is 14.2 Å². The van der Waals surface area contributed by atoms with Crippen LogP contribution < -0.4 is 9.47 Å². The molecule has 0 aliphatic heterocycles. The molecule has 0 spiro atoms. The molecule has 7 heteroatoms. The van der Waals surface area contributed by atoms with Gasteiger partial charge in [0.15, 0.2) is 11.5 Å². The molecule has 126 valence electrons. The summed E-state index contributed by atoms with van der Waals surface area (Å²) in [5.74, 6) is -0.0757. The molecule has 0 heterocycles. The van der Waals surface area contributed by atoms with E-state index < -0.39 is 20.8 Å². The minimum atomic E-state index is -4.59. The van der Waals surface area contributed by atoms with Gasteiger partial charge in [-0.1, -0.05) is 27.2 Å². The van der Waals surface area contributed by atoms with Crippen molar-refractivity contribution in [3.63, 3.8) is 0 Å². The SMILES string of the molecule is CCCc1c(OC)c(OC)c(C(C)CC)c(O)c1S(=O)(=O)O. The quantitative estimate of drug-likeness (QED) is 0.745. The Morgan fingerprint density at radius 1 is 1.14 bits per heavy atom. The Morgan fingerprint density at radius 3 is 2.05 bits per heavy atom. The van der Waals surface area contributed by atoms with Crippen LogP contribution in [-0.2, 0) is 16.5 Å². The molecule has 0 aromatic heterocycles. The maximum absolute atomic E-state index is 11.8.